The van der Waals surface area contributed by atoms with E-state index in [9.17, 15) is 0 Å². The number of rotatable bonds is 6. The molecule has 3 rings (SSSR count). The molecule has 2 aliphatic carbocycles. The monoisotopic (exact) mass is 289 g/mol. The van der Waals surface area contributed by atoms with Gasteiger partial charge in [0.25, 0.3) is 0 Å². The smallest absolute Gasteiger partial charge is 0.0596 e. The van der Waals surface area contributed by atoms with E-state index in [-0.39, 0.29) is 0 Å². The maximum absolute atomic E-state index is 4.53. The van der Waals surface area contributed by atoms with Gasteiger partial charge in [0, 0.05) is 18.8 Å². The van der Waals surface area contributed by atoms with Crippen LogP contribution in [0.5, 0.6) is 0 Å². The van der Waals surface area contributed by atoms with Gasteiger partial charge in [-0.3, -0.25) is 4.68 Å². The third-order valence-electron chi connectivity index (χ3n) is 5.64. The summed E-state index contributed by atoms with van der Waals surface area (Å²) in [4.78, 5) is 0. The summed E-state index contributed by atoms with van der Waals surface area (Å²) in [6, 6.07) is 3.12. The van der Waals surface area contributed by atoms with Crippen LogP contribution in [0.1, 0.15) is 56.8 Å². The van der Waals surface area contributed by atoms with Crippen molar-refractivity contribution in [3.63, 3.8) is 0 Å². The van der Waals surface area contributed by atoms with Gasteiger partial charge in [0.05, 0.1) is 5.69 Å². The first-order valence-electron chi connectivity index (χ1n) is 8.88. The zero-order chi connectivity index (χ0) is 14.8. The summed E-state index contributed by atoms with van der Waals surface area (Å²) in [7, 11) is 2.10. The minimum Gasteiger partial charge on any atom is -0.314 e. The quantitative estimate of drug-likeness (QED) is 0.869. The first kappa shape index (κ1) is 15.1. The molecule has 118 valence electrons. The Morgan fingerprint density at radius 2 is 2.05 bits per heavy atom. The lowest BCUT2D eigenvalue weighted by Gasteiger charge is -2.36. The van der Waals surface area contributed by atoms with Crippen LogP contribution in [0.15, 0.2) is 6.07 Å². The Labute approximate surface area is 129 Å². The molecule has 0 radical (unpaired) electrons. The van der Waals surface area contributed by atoms with E-state index in [4.69, 9.17) is 0 Å². The van der Waals surface area contributed by atoms with Crippen molar-refractivity contribution in [1.29, 1.82) is 0 Å². The lowest BCUT2D eigenvalue weighted by molar-refractivity contribution is 0.169. The summed E-state index contributed by atoms with van der Waals surface area (Å²) in [6.45, 7) is 5.70. The molecule has 0 aromatic carbocycles. The minimum atomic E-state index is 0.838. The molecule has 1 aromatic rings. The highest BCUT2D eigenvalue weighted by Gasteiger charge is 2.32. The summed E-state index contributed by atoms with van der Waals surface area (Å²) >= 11 is 0. The molecule has 0 saturated heterocycles. The first-order valence-corrected chi connectivity index (χ1v) is 8.88. The molecule has 0 aliphatic heterocycles. The maximum Gasteiger partial charge on any atom is 0.0596 e. The van der Waals surface area contributed by atoms with Gasteiger partial charge in [-0.25, -0.2) is 0 Å². The van der Waals surface area contributed by atoms with Crippen molar-refractivity contribution in [2.75, 3.05) is 6.54 Å². The number of nitrogens with zero attached hydrogens (tertiary/aromatic N) is 2. The second-order valence-electron chi connectivity index (χ2n) is 7.39. The molecule has 3 nitrogen and oxygen atoms in total. The molecule has 2 aliphatic rings. The van der Waals surface area contributed by atoms with Gasteiger partial charge in [0.2, 0.25) is 0 Å². The van der Waals surface area contributed by atoms with E-state index in [1.54, 1.807) is 0 Å². The first-order chi connectivity index (χ1) is 10.2. The van der Waals surface area contributed by atoms with Crippen LogP contribution in [-0.4, -0.2) is 22.4 Å². The average molecular weight is 289 g/mol. The Balaban J connectivity index is 1.64. The van der Waals surface area contributed by atoms with Crippen LogP contribution in [0.25, 0.3) is 0 Å². The molecule has 3 unspecified atom stereocenters. The van der Waals surface area contributed by atoms with E-state index in [1.165, 1.54) is 57.2 Å². The van der Waals surface area contributed by atoms with Gasteiger partial charge in [0.15, 0.2) is 0 Å². The number of hydrogen-bond acceptors (Lipinski definition) is 2. The molecule has 3 atom stereocenters. The summed E-state index contributed by atoms with van der Waals surface area (Å²) < 4.78 is 2.09. The van der Waals surface area contributed by atoms with E-state index in [0.717, 1.165) is 29.5 Å². The van der Waals surface area contributed by atoms with E-state index in [2.05, 4.69) is 42.1 Å². The summed E-state index contributed by atoms with van der Waals surface area (Å²) in [5.74, 6) is 2.65. The van der Waals surface area contributed by atoms with Crippen LogP contribution in [0.4, 0.5) is 0 Å². The van der Waals surface area contributed by atoms with Crippen molar-refractivity contribution in [3.05, 3.63) is 17.5 Å². The lowest BCUT2D eigenvalue weighted by Crippen LogP contribution is -2.35. The van der Waals surface area contributed by atoms with Crippen molar-refractivity contribution in [2.24, 2.45) is 24.8 Å². The predicted molar refractivity (Wildman–Crippen MR) is 87.3 cm³/mol. The summed E-state index contributed by atoms with van der Waals surface area (Å²) in [5, 5.41) is 8.30. The molecule has 0 amide bonds. The number of aryl methyl sites for hydroxylation is 2. The van der Waals surface area contributed by atoms with Crippen LogP contribution in [0, 0.1) is 24.7 Å². The number of hydrogen-bond donors (Lipinski definition) is 1. The van der Waals surface area contributed by atoms with Crippen molar-refractivity contribution in [2.45, 2.75) is 64.8 Å². The van der Waals surface area contributed by atoms with Gasteiger partial charge in [0.1, 0.15) is 0 Å². The number of nitrogens with one attached hydrogen (secondary N) is 1. The van der Waals surface area contributed by atoms with E-state index >= 15 is 0 Å². The molecule has 2 fully saturated rings. The van der Waals surface area contributed by atoms with Gasteiger partial charge in [-0.1, -0.05) is 19.8 Å². The SMILES string of the molecule is CCC1CCC(CNC2CC2)C(Cc2cc(C)nn2C)C1. The zero-order valence-corrected chi connectivity index (χ0v) is 13.9. The van der Waals surface area contributed by atoms with Gasteiger partial charge >= 0.3 is 0 Å². The minimum absolute atomic E-state index is 0.838. The van der Waals surface area contributed by atoms with Crippen molar-refractivity contribution >= 4 is 0 Å². The van der Waals surface area contributed by atoms with Crippen LogP contribution < -0.4 is 5.32 Å². The molecule has 1 aromatic heterocycles. The maximum atomic E-state index is 4.53. The third-order valence-corrected chi connectivity index (χ3v) is 5.64. The third kappa shape index (κ3) is 3.88. The standard InChI is InChI=1S/C18H31N3/c1-4-14-5-6-15(12-19-17-7-8-17)16(10-14)11-18-9-13(2)20-21(18)3/h9,14-17,19H,4-8,10-12H2,1-3H3. The topological polar surface area (TPSA) is 29.9 Å². The number of aromatic nitrogens is 2. The predicted octanol–water partition coefficient (Wildman–Crippen LogP) is 3.47. The van der Waals surface area contributed by atoms with E-state index < -0.39 is 0 Å². The van der Waals surface area contributed by atoms with Gasteiger partial charge < -0.3 is 5.32 Å². The zero-order valence-electron chi connectivity index (χ0n) is 13.9. The highest BCUT2D eigenvalue weighted by molar-refractivity contribution is 5.10. The van der Waals surface area contributed by atoms with Crippen molar-refractivity contribution in [1.82, 2.24) is 15.1 Å². The second kappa shape index (κ2) is 6.51. The highest BCUT2D eigenvalue weighted by atomic mass is 15.3. The average Bonchev–Trinajstić information content (AvgIpc) is 3.23. The summed E-state index contributed by atoms with van der Waals surface area (Å²) in [6.07, 6.45) is 9.63. The molecular weight excluding hydrogens is 258 g/mol. The van der Waals surface area contributed by atoms with Crippen LogP contribution >= 0.6 is 0 Å². The molecular formula is C18H31N3. The molecule has 21 heavy (non-hydrogen) atoms. The normalized spacial score (nSPS) is 29.8. The Morgan fingerprint density at radius 3 is 2.67 bits per heavy atom. The molecule has 2 saturated carbocycles. The lowest BCUT2D eigenvalue weighted by atomic mass is 9.71. The fourth-order valence-electron chi connectivity index (χ4n) is 4.04. The van der Waals surface area contributed by atoms with Gasteiger partial charge in [-0.2, -0.15) is 5.10 Å². The van der Waals surface area contributed by atoms with Crippen molar-refractivity contribution < 1.29 is 0 Å². The Hall–Kier alpha value is -0.830. The van der Waals surface area contributed by atoms with Crippen LogP contribution in [0.3, 0.4) is 0 Å². The second-order valence-corrected chi connectivity index (χ2v) is 7.39. The van der Waals surface area contributed by atoms with Crippen LogP contribution in [0.2, 0.25) is 0 Å². The highest BCUT2D eigenvalue weighted by Crippen LogP contribution is 2.37. The molecule has 1 N–H and O–H groups in total. The largest absolute Gasteiger partial charge is 0.314 e. The van der Waals surface area contributed by atoms with Gasteiger partial charge in [-0.15, -0.1) is 0 Å². The molecule has 0 spiro atoms. The Morgan fingerprint density at radius 1 is 1.24 bits per heavy atom. The Bertz CT molecular complexity index is 461. The fourth-order valence-corrected chi connectivity index (χ4v) is 4.04. The fraction of sp³-hybridized carbons (Fsp3) is 0.833. The van der Waals surface area contributed by atoms with E-state index in [0.29, 0.717) is 0 Å². The van der Waals surface area contributed by atoms with Crippen molar-refractivity contribution in [3.8, 4) is 0 Å². The molecule has 1 heterocycles. The van der Waals surface area contributed by atoms with Gasteiger partial charge in [-0.05, 0) is 69.4 Å². The summed E-state index contributed by atoms with van der Waals surface area (Å²) in [5.41, 5.74) is 2.58. The van der Waals surface area contributed by atoms with Crippen LogP contribution in [-0.2, 0) is 13.5 Å². The van der Waals surface area contributed by atoms with E-state index in [1.807, 2.05) is 0 Å². The Kier molecular flexibility index (Phi) is 4.68. The molecule has 3 heteroatoms. The molecule has 0 bridgehead atoms.